The highest BCUT2D eigenvalue weighted by molar-refractivity contribution is 7.59. The highest BCUT2D eigenvalue weighted by atomic mass is 31.2. The van der Waals surface area contributed by atoms with Gasteiger partial charge < -0.3 is 14.2 Å². The molecule has 0 fully saturated rings. The molecule has 0 aliphatic rings. The number of carbonyl (C=O) groups is 1. The Labute approximate surface area is 141 Å². The number of hydrogen-bond acceptors (Lipinski definition) is 5. The van der Waals surface area contributed by atoms with Gasteiger partial charge >= 0.3 is 5.97 Å². The summed E-state index contributed by atoms with van der Waals surface area (Å²) in [4.78, 5) is 14.3. The van der Waals surface area contributed by atoms with Crippen LogP contribution in [0.15, 0.2) is 11.6 Å². The van der Waals surface area contributed by atoms with Crippen molar-refractivity contribution in [1.29, 1.82) is 0 Å². The van der Waals surface area contributed by atoms with Crippen LogP contribution in [0.2, 0.25) is 0 Å². The van der Waals surface area contributed by atoms with Crippen molar-refractivity contribution >= 4 is 13.3 Å². The van der Waals surface area contributed by atoms with E-state index in [1.807, 2.05) is 40.9 Å². The average Bonchev–Trinajstić information content (AvgIpc) is 2.41. The van der Waals surface area contributed by atoms with Gasteiger partial charge in [0.05, 0.1) is 19.4 Å². The van der Waals surface area contributed by atoms with Crippen LogP contribution >= 0.6 is 7.37 Å². The Morgan fingerprint density at radius 1 is 1.22 bits per heavy atom. The maximum atomic E-state index is 13.0. The molecule has 0 rings (SSSR count). The first-order valence-electron chi connectivity index (χ1n) is 8.47. The third kappa shape index (κ3) is 10.7. The molecule has 0 aromatic rings. The van der Waals surface area contributed by atoms with Gasteiger partial charge in [-0.15, -0.1) is 0 Å². The van der Waals surface area contributed by atoms with Crippen LogP contribution in [0.4, 0.5) is 0 Å². The number of nitrogens with zero attached hydrogens (tertiary/aromatic N) is 1. The van der Waals surface area contributed by atoms with Crippen LogP contribution in [0.1, 0.15) is 40.5 Å². The first kappa shape index (κ1) is 22.4. The van der Waals surface area contributed by atoms with Gasteiger partial charge in [-0.2, -0.15) is 0 Å². The minimum absolute atomic E-state index is 0.166. The minimum atomic E-state index is -2.86. The van der Waals surface area contributed by atoms with Crippen LogP contribution in [-0.4, -0.2) is 57.0 Å². The monoisotopic (exact) mass is 347 g/mol. The summed E-state index contributed by atoms with van der Waals surface area (Å²) in [5.74, 6) is -0.120. The van der Waals surface area contributed by atoms with Crippen molar-refractivity contribution in [3.05, 3.63) is 11.6 Å². The lowest BCUT2D eigenvalue weighted by Gasteiger charge is -2.21. The van der Waals surface area contributed by atoms with E-state index in [0.29, 0.717) is 24.9 Å². The molecule has 0 aliphatic heterocycles. The van der Waals surface area contributed by atoms with Crippen LogP contribution in [0.5, 0.6) is 0 Å². The molecule has 0 saturated carbocycles. The van der Waals surface area contributed by atoms with Crippen molar-refractivity contribution < 1.29 is 18.6 Å². The SMILES string of the molecule is CCOC(=O)C(=CCCCN(C)C)CP(=O)(CC(C)C)OCC. The molecular weight excluding hydrogens is 313 g/mol. The molecule has 0 spiro atoms. The van der Waals surface area contributed by atoms with Crippen LogP contribution in [0, 0.1) is 5.92 Å². The molecule has 136 valence electrons. The minimum Gasteiger partial charge on any atom is -0.463 e. The average molecular weight is 347 g/mol. The van der Waals surface area contributed by atoms with E-state index in [1.165, 1.54) is 0 Å². The van der Waals surface area contributed by atoms with Crippen molar-refractivity contribution in [2.75, 3.05) is 46.2 Å². The van der Waals surface area contributed by atoms with Crippen molar-refractivity contribution in [2.24, 2.45) is 5.92 Å². The van der Waals surface area contributed by atoms with Gasteiger partial charge in [-0.1, -0.05) is 19.9 Å². The van der Waals surface area contributed by atoms with E-state index >= 15 is 0 Å². The zero-order chi connectivity index (χ0) is 17.9. The van der Waals surface area contributed by atoms with Gasteiger partial charge in [0.2, 0.25) is 7.37 Å². The highest BCUT2D eigenvalue weighted by Gasteiger charge is 2.28. The van der Waals surface area contributed by atoms with Crippen molar-refractivity contribution in [3.8, 4) is 0 Å². The second kappa shape index (κ2) is 11.8. The van der Waals surface area contributed by atoms with Gasteiger partial charge in [0, 0.05) is 11.7 Å². The highest BCUT2D eigenvalue weighted by Crippen LogP contribution is 2.50. The topological polar surface area (TPSA) is 55.8 Å². The van der Waals surface area contributed by atoms with E-state index in [1.54, 1.807) is 6.92 Å². The zero-order valence-electron chi connectivity index (χ0n) is 15.6. The van der Waals surface area contributed by atoms with Crippen molar-refractivity contribution in [2.45, 2.75) is 40.5 Å². The van der Waals surface area contributed by atoms with Crippen LogP contribution in [0.3, 0.4) is 0 Å². The number of carbonyl (C=O) groups excluding carboxylic acids is 1. The van der Waals surface area contributed by atoms with Gasteiger partial charge in [0.25, 0.3) is 0 Å². The standard InChI is InChI=1S/C17H34NO4P/c1-7-21-17(19)16(11-9-10-12-18(5)6)14-23(20,22-8-2)13-15(3)4/h11,15H,7-10,12-14H2,1-6H3. The molecule has 0 aliphatic carbocycles. The van der Waals surface area contributed by atoms with Gasteiger partial charge in [0.15, 0.2) is 0 Å². The van der Waals surface area contributed by atoms with Crippen LogP contribution in [-0.2, 0) is 18.6 Å². The number of ether oxygens (including phenoxy) is 1. The molecule has 1 atom stereocenters. The fourth-order valence-electron chi connectivity index (χ4n) is 2.33. The summed E-state index contributed by atoms with van der Waals surface area (Å²) in [5, 5.41) is 0. The Morgan fingerprint density at radius 3 is 2.35 bits per heavy atom. The maximum Gasteiger partial charge on any atom is 0.334 e. The lowest BCUT2D eigenvalue weighted by Crippen LogP contribution is -2.15. The fraction of sp³-hybridized carbons (Fsp3) is 0.824. The van der Waals surface area contributed by atoms with Crippen LogP contribution in [0.25, 0.3) is 0 Å². The summed E-state index contributed by atoms with van der Waals surface area (Å²) in [6.07, 6.45) is 4.22. The van der Waals surface area contributed by atoms with Gasteiger partial charge in [-0.05, 0) is 53.2 Å². The Hall–Kier alpha value is -0.640. The van der Waals surface area contributed by atoms with E-state index in [4.69, 9.17) is 9.26 Å². The molecule has 0 saturated heterocycles. The summed E-state index contributed by atoms with van der Waals surface area (Å²) in [6, 6.07) is 0. The molecule has 0 N–H and O–H groups in total. The quantitative estimate of drug-likeness (QED) is 0.233. The maximum absolute atomic E-state index is 13.0. The number of hydrogen-bond donors (Lipinski definition) is 0. The van der Waals surface area contributed by atoms with E-state index in [-0.39, 0.29) is 18.0 Å². The van der Waals surface area contributed by atoms with E-state index in [2.05, 4.69) is 4.90 Å². The third-order valence-corrected chi connectivity index (χ3v) is 5.99. The van der Waals surface area contributed by atoms with E-state index in [9.17, 15) is 9.36 Å². The van der Waals surface area contributed by atoms with Gasteiger partial charge in [0.1, 0.15) is 0 Å². The predicted molar refractivity (Wildman–Crippen MR) is 96.3 cm³/mol. The first-order chi connectivity index (χ1) is 10.7. The number of esters is 1. The number of allylic oxidation sites excluding steroid dienone is 1. The van der Waals surface area contributed by atoms with Gasteiger partial charge in [-0.3, -0.25) is 4.57 Å². The third-order valence-electron chi connectivity index (χ3n) is 3.16. The Bertz CT molecular complexity index is 419. The lowest BCUT2D eigenvalue weighted by molar-refractivity contribution is -0.138. The molecule has 5 nitrogen and oxygen atoms in total. The smallest absolute Gasteiger partial charge is 0.334 e. The molecule has 0 amide bonds. The Kier molecular flexibility index (Phi) is 11.5. The summed E-state index contributed by atoms with van der Waals surface area (Å²) in [7, 11) is 1.18. The first-order valence-corrected chi connectivity index (χ1v) is 10.5. The fourth-order valence-corrected chi connectivity index (χ4v) is 5.02. The number of unbranched alkanes of at least 4 members (excludes halogenated alkanes) is 1. The molecule has 0 aromatic carbocycles. The second-order valence-electron chi connectivity index (χ2n) is 6.36. The van der Waals surface area contributed by atoms with Crippen LogP contribution < -0.4 is 0 Å². The molecule has 0 heterocycles. The normalized spacial score (nSPS) is 15.0. The molecule has 23 heavy (non-hydrogen) atoms. The summed E-state index contributed by atoms with van der Waals surface area (Å²) in [5.41, 5.74) is 0.489. The summed E-state index contributed by atoms with van der Waals surface area (Å²) >= 11 is 0. The second-order valence-corrected chi connectivity index (χ2v) is 8.93. The van der Waals surface area contributed by atoms with Crippen molar-refractivity contribution in [1.82, 2.24) is 4.90 Å². The molecular formula is C17H34NO4P. The molecule has 0 radical (unpaired) electrons. The molecule has 6 heteroatoms. The Morgan fingerprint density at radius 2 is 1.87 bits per heavy atom. The lowest BCUT2D eigenvalue weighted by atomic mass is 10.2. The number of rotatable bonds is 12. The summed E-state index contributed by atoms with van der Waals surface area (Å²) < 4.78 is 23.7. The molecule has 0 aromatic heterocycles. The largest absolute Gasteiger partial charge is 0.463 e. The zero-order valence-corrected chi connectivity index (χ0v) is 16.5. The molecule has 1 unspecified atom stereocenters. The Balaban J connectivity index is 5.05. The summed E-state index contributed by atoms with van der Waals surface area (Å²) in [6.45, 7) is 9.28. The molecule has 0 bridgehead atoms. The van der Waals surface area contributed by atoms with Crippen molar-refractivity contribution in [3.63, 3.8) is 0 Å². The van der Waals surface area contributed by atoms with E-state index < -0.39 is 7.37 Å². The van der Waals surface area contributed by atoms with Gasteiger partial charge in [-0.25, -0.2) is 4.79 Å². The van der Waals surface area contributed by atoms with E-state index in [0.717, 1.165) is 19.4 Å². The predicted octanol–water partition coefficient (Wildman–Crippen LogP) is 3.79.